The molecule has 0 fully saturated rings. The van der Waals surface area contributed by atoms with Crippen molar-refractivity contribution in [3.63, 3.8) is 0 Å². The Morgan fingerprint density at radius 3 is 1.58 bits per heavy atom. The fourth-order valence-electron chi connectivity index (χ4n) is 2.41. The predicted molar refractivity (Wildman–Crippen MR) is 81.3 cm³/mol. The summed E-state index contributed by atoms with van der Waals surface area (Å²) in [6, 6.07) is 6.09. The zero-order chi connectivity index (χ0) is 14.8. The third-order valence-electron chi connectivity index (χ3n) is 2.93. The van der Waals surface area contributed by atoms with Crippen LogP contribution in [0, 0.1) is 10.8 Å². The highest BCUT2D eigenvalue weighted by Gasteiger charge is 2.21. The van der Waals surface area contributed by atoms with Crippen molar-refractivity contribution in [3.8, 4) is 0 Å². The van der Waals surface area contributed by atoms with E-state index in [0.717, 1.165) is 29.5 Å². The van der Waals surface area contributed by atoms with Gasteiger partial charge in [0.15, 0.2) is 0 Å². The Kier molecular flexibility index (Phi) is 4.44. The van der Waals surface area contributed by atoms with Gasteiger partial charge in [-0.25, -0.2) is 0 Å². The number of hydrogen-bond donors (Lipinski definition) is 1. The van der Waals surface area contributed by atoms with E-state index in [1.807, 2.05) is 18.2 Å². The molecule has 0 unspecified atom stereocenters. The molecule has 0 heterocycles. The molecule has 0 aliphatic heterocycles. The fourth-order valence-corrected chi connectivity index (χ4v) is 2.41. The zero-order valence-electron chi connectivity index (χ0n) is 13.1. The molecule has 2 nitrogen and oxygen atoms in total. The monoisotopic (exact) mass is 261 g/mol. The van der Waals surface area contributed by atoms with Crippen LogP contribution >= 0.6 is 0 Å². The minimum Gasteiger partial charge on any atom is -0.366 e. The second kappa shape index (κ2) is 5.36. The number of primary amides is 1. The molecule has 106 valence electrons. The lowest BCUT2D eigenvalue weighted by molar-refractivity contribution is 0.0997. The Hall–Kier alpha value is -1.31. The van der Waals surface area contributed by atoms with E-state index in [9.17, 15) is 4.79 Å². The summed E-state index contributed by atoms with van der Waals surface area (Å²) in [7, 11) is 0. The average molecular weight is 261 g/mol. The van der Waals surface area contributed by atoms with Gasteiger partial charge in [-0.15, -0.1) is 0 Å². The van der Waals surface area contributed by atoms with Crippen LogP contribution in [-0.4, -0.2) is 5.91 Å². The maximum absolute atomic E-state index is 11.8. The third-order valence-corrected chi connectivity index (χ3v) is 2.93. The van der Waals surface area contributed by atoms with Crippen LogP contribution < -0.4 is 5.73 Å². The summed E-state index contributed by atoms with van der Waals surface area (Å²) in [5.41, 5.74) is 8.77. The summed E-state index contributed by atoms with van der Waals surface area (Å²) in [6.07, 6.45) is 1.73. The van der Waals surface area contributed by atoms with E-state index in [1.165, 1.54) is 0 Å². The van der Waals surface area contributed by atoms with Crippen molar-refractivity contribution in [2.24, 2.45) is 16.6 Å². The average Bonchev–Trinajstić information content (AvgIpc) is 2.11. The molecule has 2 heteroatoms. The molecule has 1 aromatic carbocycles. The SMILES string of the molecule is CC(C)(C)Cc1cccc(CC(C)(C)C)c1C(N)=O. The quantitative estimate of drug-likeness (QED) is 0.879. The number of nitrogens with two attached hydrogens (primary N) is 1. The first-order chi connectivity index (χ1) is 8.49. The zero-order valence-corrected chi connectivity index (χ0v) is 13.1. The second-order valence-electron chi connectivity index (χ2n) is 7.79. The van der Waals surface area contributed by atoms with E-state index < -0.39 is 0 Å². The first-order valence-corrected chi connectivity index (χ1v) is 6.90. The van der Waals surface area contributed by atoms with E-state index in [1.54, 1.807) is 0 Å². The van der Waals surface area contributed by atoms with Gasteiger partial charge in [0.1, 0.15) is 0 Å². The Balaban J connectivity index is 3.26. The number of amides is 1. The Labute approximate surface area is 117 Å². The van der Waals surface area contributed by atoms with Crippen molar-refractivity contribution in [2.75, 3.05) is 0 Å². The van der Waals surface area contributed by atoms with Crippen molar-refractivity contribution < 1.29 is 4.79 Å². The molecule has 2 N–H and O–H groups in total. The van der Waals surface area contributed by atoms with Gasteiger partial charge in [0.25, 0.3) is 0 Å². The van der Waals surface area contributed by atoms with Gasteiger partial charge in [-0.2, -0.15) is 0 Å². The van der Waals surface area contributed by atoms with E-state index in [2.05, 4.69) is 41.5 Å². The molecule has 19 heavy (non-hydrogen) atoms. The van der Waals surface area contributed by atoms with Crippen LogP contribution in [0.25, 0.3) is 0 Å². The Bertz CT molecular complexity index is 427. The summed E-state index contributed by atoms with van der Waals surface area (Å²) in [5.74, 6) is -0.306. The molecule has 0 bridgehead atoms. The molecular formula is C17H27NO. The highest BCUT2D eigenvalue weighted by atomic mass is 16.1. The lowest BCUT2D eigenvalue weighted by Crippen LogP contribution is -2.22. The number of carbonyl (C=O) groups excluding carboxylic acids is 1. The molecule has 0 radical (unpaired) electrons. The lowest BCUT2D eigenvalue weighted by Gasteiger charge is -2.24. The van der Waals surface area contributed by atoms with E-state index in [-0.39, 0.29) is 16.7 Å². The maximum Gasteiger partial charge on any atom is 0.249 e. The van der Waals surface area contributed by atoms with Crippen LogP contribution in [0.5, 0.6) is 0 Å². The molecule has 0 atom stereocenters. The third kappa shape index (κ3) is 5.06. The van der Waals surface area contributed by atoms with Gasteiger partial charge in [-0.1, -0.05) is 59.7 Å². The topological polar surface area (TPSA) is 43.1 Å². The number of carbonyl (C=O) groups is 1. The standard InChI is InChI=1S/C17H27NO/c1-16(2,3)10-12-8-7-9-13(11-17(4,5)6)14(12)15(18)19/h7-9H,10-11H2,1-6H3,(H2,18,19). The van der Waals surface area contributed by atoms with Gasteiger partial charge in [-0.05, 0) is 34.8 Å². The molecule has 1 rings (SSSR count). The number of rotatable bonds is 3. The Morgan fingerprint density at radius 2 is 1.32 bits per heavy atom. The van der Waals surface area contributed by atoms with Crippen LogP contribution in [0.2, 0.25) is 0 Å². The first kappa shape index (κ1) is 15.7. The largest absolute Gasteiger partial charge is 0.366 e. The number of hydrogen-bond acceptors (Lipinski definition) is 1. The highest BCUT2D eigenvalue weighted by Crippen LogP contribution is 2.28. The summed E-state index contributed by atoms with van der Waals surface area (Å²) in [6.45, 7) is 13.0. The van der Waals surface area contributed by atoms with Crippen molar-refractivity contribution in [2.45, 2.75) is 54.4 Å². The highest BCUT2D eigenvalue weighted by molar-refractivity contribution is 5.96. The maximum atomic E-state index is 11.8. The van der Waals surface area contributed by atoms with Crippen molar-refractivity contribution in [3.05, 3.63) is 34.9 Å². The van der Waals surface area contributed by atoms with Gasteiger partial charge in [0.2, 0.25) is 5.91 Å². The summed E-state index contributed by atoms with van der Waals surface area (Å²) < 4.78 is 0. The van der Waals surface area contributed by atoms with Gasteiger partial charge < -0.3 is 5.73 Å². The minimum absolute atomic E-state index is 0.143. The van der Waals surface area contributed by atoms with E-state index in [0.29, 0.717) is 0 Å². The van der Waals surface area contributed by atoms with Crippen molar-refractivity contribution >= 4 is 5.91 Å². The molecular weight excluding hydrogens is 234 g/mol. The van der Waals surface area contributed by atoms with Crippen molar-refractivity contribution in [1.29, 1.82) is 0 Å². The number of benzene rings is 1. The summed E-state index contributed by atoms with van der Waals surface area (Å²) >= 11 is 0. The molecule has 0 aromatic heterocycles. The normalized spacial score (nSPS) is 12.5. The molecule has 0 saturated carbocycles. The summed E-state index contributed by atoms with van der Waals surface area (Å²) in [5, 5.41) is 0. The molecule has 0 aliphatic rings. The molecule has 1 amide bonds. The smallest absolute Gasteiger partial charge is 0.249 e. The van der Waals surface area contributed by atoms with Gasteiger partial charge in [-0.3, -0.25) is 4.79 Å². The second-order valence-corrected chi connectivity index (χ2v) is 7.79. The van der Waals surface area contributed by atoms with Gasteiger partial charge >= 0.3 is 0 Å². The lowest BCUT2D eigenvalue weighted by atomic mass is 9.81. The minimum atomic E-state index is -0.306. The summed E-state index contributed by atoms with van der Waals surface area (Å²) in [4.78, 5) is 11.8. The molecule has 0 aliphatic carbocycles. The fraction of sp³-hybridized carbons (Fsp3) is 0.588. The predicted octanol–water partition coefficient (Wildman–Crippen LogP) is 3.96. The van der Waals surface area contributed by atoms with E-state index >= 15 is 0 Å². The van der Waals surface area contributed by atoms with Crippen LogP contribution in [0.15, 0.2) is 18.2 Å². The van der Waals surface area contributed by atoms with Gasteiger partial charge in [0, 0.05) is 5.56 Å². The molecule has 0 saturated heterocycles. The molecule has 1 aromatic rings. The first-order valence-electron chi connectivity index (χ1n) is 6.90. The van der Waals surface area contributed by atoms with Crippen LogP contribution in [0.3, 0.4) is 0 Å². The van der Waals surface area contributed by atoms with Crippen molar-refractivity contribution in [1.82, 2.24) is 0 Å². The molecule has 0 spiro atoms. The van der Waals surface area contributed by atoms with Gasteiger partial charge in [0.05, 0.1) is 0 Å². The van der Waals surface area contributed by atoms with Crippen LogP contribution in [0.1, 0.15) is 63.0 Å². The van der Waals surface area contributed by atoms with Crippen LogP contribution in [-0.2, 0) is 12.8 Å². The van der Waals surface area contributed by atoms with E-state index in [4.69, 9.17) is 5.73 Å². The van der Waals surface area contributed by atoms with Crippen LogP contribution in [0.4, 0.5) is 0 Å². The Morgan fingerprint density at radius 1 is 0.947 bits per heavy atom.